The van der Waals surface area contributed by atoms with Crippen molar-refractivity contribution < 1.29 is 0 Å². The first-order valence-corrected chi connectivity index (χ1v) is 9.84. The summed E-state index contributed by atoms with van der Waals surface area (Å²) in [6.07, 6.45) is 0. The summed E-state index contributed by atoms with van der Waals surface area (Å²) in [4.78, 5) is 11.3. The van der Waals surface area contributed by atoms with E-state index in [2.05, 4.69) is 94.8 Å². The van der Waals surface area contributed by atoms with Crippen LogP contribution in [0.1, 0.15) is 30.8 Å². The summed E-state index contributed by atoms with van der Waals surface area (Å²) in [6.45, 7) is 11.1. The first kappa shape index (κ1) is 19.7. The predicted molar refractivity (Wildman–Crippen MR) is 119 cm³/mol. The summed E-state index contributed by atoms with van der Waals surface area (Å²) < 4.78 is 0. The Labute approximate surface area is 167 Å². The Morgan fingerprint density at radius 2 is 1.46 bits per heavy atom. The Bertz CT molecular complexity index is 884. The summed E-state index contributed by atoms with van der Waals surface area (Å²) in [5.74, 6) is 2.33. The average molecular weight is 376 g/mol. The zero-order valence-corrected chi connectivity index (χ0v) is 17.2. The quantitative estimate of drug-likeness (QED) is 0.560. The molecule has 0 aliphatic carbocycles. The van der Waals surface area contributed by atoms with E-state index in [4.69, 9.17) is 0 Å². The molecule has 3 rings (SSSR count). The van der Waals surface area contributed by atoms with Crippen molar-refractivity contribution in [1.82, 2.24) is 9.97 Å². The molecule has 2 aromatic carbocycles. The van der Waals surface area contributed by atoms with Crippen molar-refractivity contribution >= 4 is 23.0 Å². The number of nitrogens with one attached hydrogen (secondary N) is 2. The molecule has 1 heterocycles. The molecule has 0 unspecified atom stereocenters. The first-order valence-electron chi connectivity index (χ1n) is 9.84. The van der Waals surface area contributed by atoms with Gasteiger partial charge in [-0.1, -0.05) is 29.8 Å². The molecule has 0 aliphatic heterocycles. The van der Waals surface area contributed by atoms with Crippen LogP contribution in [0, 0.1) is 13.8 Å². The van der Waals surface area contributed by atoms with Crippen LogP contribution in [0.5, 0.6) is 0 Å². The molecule has 0 saturated carbocycles. The molecule has 0 saturated heterocycles. The van der Waals surface area contributed by atoms with Gasteiger partial charge in [0, 0.05) is 37.1 Å². The van der Waals surface area contributed by atoms with Gasteiger partial charge in [0.25, 0.3) is 0 Å². The summed E-state index contributed by atoms with van der Waals surface area (Å²) in [7, 11) is 0. The standard InChI is InChI=1S/C23H29N5/c1-5-28(6-2)21-13-11-20(12-14-21)27-23-15-22(25-18(4)26-23)24-16-19-9-7-17(3)8-10-19/h7-15H,5-6,16H2,1-4H3,(H2,24,25,26,27). The van der Waals surface area contributed by atoms with E-state index in [9.17, 15) is 0 Å². The minimum absolute atomic E-state index is 0.731. The topological polar surface area (TPSA) is 53.1 Å². The van der Waals surface area contributed by atoms with E-state index in [1.807, 2.05) is 13.0 Å². The van der Waals surface area contributed by atoms with Gasteiger partial charge in [-0.2, -0.15) is 0 Å². The third kappa shape index (κ3) is 5.22. The lowest BCUT2D eigenvalue weighted by Crippen LogP contribution is -2.21. The molecule has 0 fully saturated rings. The molecular formula is C23H29N5. The third-order valence-corrected chi connectivity index (χ3v) is 4.70. The van der Waals surface area contributed by atoms with Gasteiger partial charge in [0.2, 0.25) is 0 Å². The average Bonchev–Trinajstić information content (AvgIpc) is 2.69. The van der Waals surface area contributed by atoms with Crippen LogP contribution >= 0.6 is 0 Å². The number of nitrogens with zero attached hydrogens (tertiary/aromatic N) is 3. The fraction of sp³-hybridized carbons (Fsp3) is 0.304. The Hall–Kier alpha value is -3.08. The van der Waals surface area contributed by atoms with E-state index in [1.54, 1.807) is 0 Å². The van der Waals surface area contributed by atoms with Crippen LogP contribution in [-0.4, -0.2) is 23.1 Å². The smallest absolute Gasteiger partial charge is 0.136 e. The number of benzene rings is 2. The van der Waals surface area contributed by atoms with Gasteiger partial charge in [0.05, 0.1) is 0 Å². The van der Waals surface area contributed by atoms with Crippen LogP contribution in [-0.2, 0) is 6.54 Å². The molecule has 1 aromatic heterocycles. The van der Waals surface area contributed by atoms with Crippen LogP contribution in [0.25, 0.3) is 0 Å². The Balaban J connectivity index is 1.68. The maximum Gasteiger partial charge on any atom is 0.136 e. The van der Waals surface area contributed by atoms with E-state index in [0.29, 0.717) is 0 Å². The number of hydrogen-bond acceptors (Lipinski definition) is 5. The van der Waals surface area contributed by atoms with Gasteiger partial charge in [0.15, 0.2) is 0 Å². The third-order valence-electron chi connectivity index (χ3n) is 4.70. The second-order valence-corrected chi connectivity index (χ2v) is 6.87. The van der Waals surface area contributed by atoms with Crippen molar-refractivity contribution in [3.8, 4) is 0 Å². The van der Waals surface area contributed by atoms with Crippen molar-refractivity contribution in [1.29, 1.82) is 0 Å². The minimum atomic E-state index is 0.731. The molecule has 5 nitrogen and oxygen atoms in total. The monoisotopic (exact) mass is 375 g/mol. The zero-order valence-electron chi connectivity index (χ0n) is 17.2. The largest absolute Gasteiger partial charge is 0.372 e. The lowest BCUT2D eigenvalue weighted by atomic mass is 10.1. The molecule has 0 aliphatic rings. The van der Waals surface area contributed by atoms with E-state index < -0.39 is 0 Å². The van der Waals surface area contributed by atoms with Crippen molar-refractivity contribution in [2.24, 2.45) is 0 Å². The summed E-state index contributed by atoms with van der Waals surface area (Å²) in [6, 6.07) is 18.9. The van der Waals surface area contributed by atoms with Crippen molar-refractivity contribution in [2.75, 3.05) is 28.6 Å². The Morgan fingerprint density at radius 3 is 2.11 bits per heavy atom. The first-order chi connectivity index (χ1) is 13.6. The van der Waals surface area contributed by atoms with Gasteiger partial charge in [-0.25, -0.2) is 9.97 Å². The highest BCUT2D eigenvalue weighted by atomic mass is 15.1. The summed E-state index contributed by atoms with van der Waals surface area (Å²) >= 11 is 0. The van der Waals surface area contributed by atoms with Gasteiger partial charge < -0.3 is 15.5 Å². The molecular weight excluding hydrogens is 346 g/mol. The molecule has 2 N–H and O–H groups in total. The molecule has 146 valence electrons. The fourth-order valence-electron chi connectivity index (χ4n) is 3.11. The van der Waals surface area contributed by atoms with Gasteiger partial charge in [-0.05, 0) is 57.5 Å². The van der Waals surface area contributed by atoms with E-state index >= 15 is 0 Å². The number of aryl methyl sites for hydroxylation is 2. The number of rotatable bonds is 8. The molecule has 0 radical (unpaired) electrons. The number of aromatic nitrogens is 2. The predicted octanol–water partition coefficient (Wildman–Crippen LogP) is 5.30. The van der Waals surface area contributed by atoms with Gasteiger partial charge >= 0.3 is 0 Å². The maximum atomic E-state index is 4.51. The Kier molecular flexibility index (Phi) is 6.48. The van der Waals surface area contributed by atoms with Gasteiger partial charge in [-0.15, -0.1) is 0 Å². The second kappa shape index (κ2) is 9.22. The van der Waals surface area contributed by atoms with E-state index in [1.165, 1.54) is 16.8 Å². The minimum Gasteiger partial charge on any atom is -0.372 e. The zero-order chi connectivity index (χ0) is 19.9. The lowest BCUT2D eigenvalue weighted by molar-refractivity contribution is 0.866. The van der Waals surface area contributed by atoms with Gasteiger partial charge in [0.1, 0.15) is 17.5 Å². The highest BCUT2D eigenvalue weighted by molar-refractivity contribution is 5.62. The van der Waals surface area contributed by atoms with Crippen LogP contribution < -0.4 is 15.5 Å². The fourth-order valence-corrected chi connectivity index (χ4v) is 3.11. The number of anilines is 4. The SMILES string of the molecule is CCN(CC)c1ccc(Nc2cc(NCc3ccc(C)cc3)nc(C)n2)cc1. The summed E-state index contributed by atoms with van der Waals surface area (Å²) in [5.41, 5.74) is 4.73. The molecule has 0 amide bonds. The molecule has 0 atom stereocenters. The van der Waals surface area contributed by atoms with Crippen LogP contribution in [0.15, 0.2) is 54.6 Å². The number of hydrogen-bond donors (Lipinski definition) is 2. The molecule has 3 aromatic rings. The highest BCUT2D eigenvalue weighted by Crippen LogP contribution is 2.21. The molecule has 0 bridgehead atoms. The maximum absolute atomic E-state index is 4.51. The normalized spacial score (nSPS) is 10.6. The van der Waals surface area contributed by atoms with Crippen LogP contribution in [0.2, 0.25) is 0 Å². The molecule has 0 spiro atoms. The van der Waals surface area contributed by atoms with Gasteiger partial charge in [-0.3, -0.25) is 0 Å². The van der Waals surface area contributed by atoms with Crippen LogP contribution in [0.4, 0.5) is 23.0 Å². The van der Waals surface area contributed by atoms with Crippen molar-refractivity contribution in [2.45, 2.75) is 34.2 Å². The van der Waals surface area contributed by atoms with Crippen molar-refractivity contribution in [3.05, 3.63) is 71.5 Å². The van der Waals surface area contributed by atoms with E-state index in [-0.39, 0.29) is 0 Å². The highest BCUT2D eigenvalue weighted by Gasteiger charge is 2.05. The second-order valence-electron chi connectivity index (χ2n) is 6.87. The van der Waals surface area contributed by atoms with Crippen molar-refractivity contribution in [3.63, 3.8) is 0 Å². The lowest BCUT2D eigenvalue weighted by Gasteiger charge is -2.21. The van der Waals surface area contributed by atoms with E-state index in [0.717, 1.165) is 42.8 Å². The van der Waals surface area contributed by atoms with Crippen LogP contribution in [0.3, 0.4) is 0 Å². The molecule has 28 heavy (non-hydrogen) atoms. The molecule has 5 heteroatoms. The summed E-state index contributed by atoms with van der Waals surface area (Å²) in [5, 5.41) is 6.77. The Morgan fingerprint density at radius 1 is 0.821 bits per heavy atom.